The fourth-order valence-corrected chi connectivity index (χ4v) is 3.11. The summed E-state index contributed by atoms with van der Waals surface area (Å²) >= 11 is 2.00. The smallest absolute Gasteiger partial charge is 0.161 e. The highest BCUT2D eigenvalue weighted by atomic mass is 32.2. The maximum Gasteiger partial charge on any atom is 0.161 e. The predicted octanol–water partition coefficient (Wildman–Crippen LogP) is 2.99. The molecule has 1 unspecified atom stereocenters. The van der Waals surface area contributed by atoms with Crippen LogP contribution in [0.4, 0.5) is 0 Å². The van der Waals surface area contributed by atoms with Crippen LogP contribution < -0.4 is 15.2 Å². The summed E-state index contributed by atoms with van der Waals surface area (Å²) < 4.78 is 11.4. The van der Waals surface area contributed by atoms with Crippen molar-refractivity contribution in [2.24, 2.45) is 5.73 Å². The van der Waals surface area contributed by atoms with E-state index in [0.717, 1.165) is 29.9 Å². The molecule has 0 aliphatic carbocycles. The first-order valence-corrected chi connectivity index (χ1v) is 7.54. The summed E-state index contributed by atoms with van der Waals surface area (Å²) in [5, 5.41) is 0. The quantitative estimate of drug-likeness (QED) is 0.911. The second kappa shape index (κ2) is 6.34. The lowest BCUT2D eigenvalue weighted by Crippen LogP contribution is -2.22. The van der Waals surface area contributed by atoms with Gasteiger partial charge in [-0.2, -0.15) is 11.8 Å². The van der Waals surface area contributed by atoms with Crippen molar-refractivity contribution in [1.82, 2.24) is 0 Å². The van der Waals surface area contributed by atoms with E-state index in [-0.39, 0.29) is 6.04 Å². The molecule has 1 aromatic rings. The Morgan fingerprint density at radius 3 is 2.61 bits per heavy atom. The fraction of sp³-hybridized carbons (Fsp3) is 0.571. The minimum Gasteiger partial charge on any atom is -0.493 e. The van der Waals surface area contributed by atoms with E-state index < -0.39 is 0 Å². The maximum absolute atomic E-state index is 6.07. The number of methoxy groups -OCH3 is 1. The fourth-order valence-electron chi connectivity index (χ4n) is 2.04. The van der Waals surface area contributed by atoms with Gasteiger partial charge in [0.05, 0.1) is 7.11 Å². The third-order valence-corrected chi connectivity index (χ3v) is 4.22. The SMILES string of the molecule is COc1ccc(C(C)N)cc1OC1CCSCC1. The second-order valence-electron chi connectivity index (χ2n) is 4.63. The molecule has 1 saturated heterocycles. The zero-order valence-corrected chi connectivity index (χ0v) is 11.8. The molecule has 0 aromatic heterocycles. The lowest BCUT2D eigenvalue weighted by atomic mass is 10.1. The molecule has 1 atom stereocenters. The van der Waals surface area contributed by atoms with E-state index in [9.17, 15) is 0 Å². The Morgan fingerprint density at radius 2 is 2.00 bits per heavy atom. The van der Waals surface area contributed by atoms with E-state index in [4.69, 9.17) is 15.2 Å². The van der Waals surface area contributed by atoms with Crippen molar-refractivity contribution < 1.29 is 9.47 Å². The zero-order valence-electron chi connectivity index (χ0n) is 11.0. The van der Waals surface area contributed by atoms with E-state index in [2.05, 4.69) is 0 Å². The Kier molecular flexibility index (Phi) is 4.78. The lowest BCUT2D eigenvalue weighted by Gasteiger charge is -2.24. The monoisotopic (exact) mass is 267 g/mol. The van der Waals surface area contributed by atoms with Crippen LogP contribution in [0.2, 0.25) is 0 Å². The molecule has 2 N–H and O–H groups in total. The number of ether oxygens (including phenoxy) is 2. The summed E-state index contributed by atoms with van der Waals surface area (Å²) in [5.74, 6) is 3.97. The highest BCUT2D eigenvalue weighted by Crippen LogP contribution is 2.32. The number of thioether (sulfide) groups is 1. The van der Waals surface area contributed by atoms with Crippen LogP contribution in [0, 0.1) is 0 Å². The Labute approximate surface area is 113 Å². The molecule has 2 rings (SSSR count). The van der Waals surface area contributed by atoms with Crippen LogP contribution in [0.5, 0.6) is 11.5 Å². The first-order valence-electron chi connectivity index (χ1n) is 6.38. The molecular formula is C14H21NO2S. The summed E-state index contributed by atoms with van der Waals surface area (Å²) in [6.07, 6.45) is 2.52. The van der Waals surface area contributed by atoms with Gasteiger partial charge in [0, 0.05) is 6.04 Å². The average molecular weight is 267 g/mol. The van der Waals surface area contributed by atoms with Crippen molar-refractivity contribution in [3.63, 3.8) is 0 Å². The van der Waals surface area contributed by atoms with Gasteiger partial charge in [-0.3, -0.25) is 0 Å². The highest BCUT2D eigenvalue weighted by molar-refractivity contribution is 7.99. The van der Waals surface area contributed by atoms with Crippen molar-refractivity contribution in [3.8, 4) is 11.5 Å². The standard InChI is InChI=1S/C14H21NO2S/c1-10(15)11-3-4-13(16-2)14(9-11)17-12-5-7-18-8-6-12/h3-4,9-10,12H,5-8,15H2,1-2H3. The van der Waals surface area contributed by atoms with Gasteiger partial charge in [-0.1, -0.05) is 6.07 Å². The van der Waals surface area contributed by atoms with Crippen LogP contribution in [0.15, 0.2) is 18.2 Å². The third-order valence-electron chi connectivity index (χ3n) is 3.18. The Balaban J connectivity index is 2.15. The van der Waals surface area contributed by atoms with E-state index in [0.29, 0.717) is 6.10 Å². The largest absolute Gasteiger partial charge is 0.493 e. The summed E-state index contributed by atoms with van der Waals surface area (Å²) in [6, 6.07) is 5.95. The summed E-state index contributed by atoms with van der Waals surface area (Å²) in [6.45, 7) is 1.98. The zero-order chi connectivity index (χ0) is 13.0. The molecule has 1 aliphatic heterocycles. The molecule has 1 aromatic carbocycles. The van der Waals surface area contributed by atoms with Gasteiger partial charge in [0.2, 0.25) is 0 Å². The van der Waals surface area contributed by atoms with Crippen LogP contribution in [-0.2, 0) is 0 Å². The lowest BCUT2D eigenvalue weighted by molar-refractivity contribution is 0.184. The van der Waals surface area contributed by atoms with Crippen LogP contribution >= 0.6 is 11.8 Å². The summed E-state index contributed by atoms with van der Waals surface area (Å²) in [7, 11) is 1.67. The van der Waals surface area contributed by atoms with E-state index in [1.807, 2.05) is 36.9 Å². The minimum absolute atomic E-state index is 0.0140. The van der Waals surface area contributed by atoms with Gasteiger partial charge in [0.1, 0.15) is 6.10 Å². The van der Waals surface area contributed by atoms with Crippen molar-refractivity contribution >= 4 is 11.8 Å². The van der Waals surface area contributed by atoms with Gasteiger partial charge in [-0.15, -0.1) is 0 Å². The molecule has 1 heterocycles. The van der Waals surface area contributed by atoms with E-state index >= 15 is 0 Å². The van der Waals surface area contributed by atoms with Gasteiger partial charge >= 0.3 is 0 Å². The van der Waals surface area contributed by atoms with Crippen LogP contribution in [0.25, 0.3) is 0 Å². The molecule has 1 aliphatic rings. The minimum atomic E-state index is 0.0140. The molecule has 100 valence electrons. The van der Waals surface area contributed by atoms with Crippen LogP contribution in [0.3, 0.4) is 0 Å². The Morgan fingerprint density at radius 1 is 1.28 bits per heavy atom. The second-order valence-corrected chi connectivity index (χ2v) is 5.85. The maximum atomic E-state index is 6.07. The van der Waals surface area contributed by atoms with Gasteiger partial charge in [-0.05, 0) is 49.0 Å². The van der Waals surface area contributed by atoms with Crippen molar-refractivity contribution in [2.75, 3.05) is 18.6 Å². The van der Waals surface area contributed by atoms with Crippen molar-refractivity contribution in [3.05, 3.63) is 23.8 Å². The van der Waals surface area contributed by atoms with E-state index in [1.165, 1.54) is 11.5 Å². The highest BCUT2D eigenvalue weighted by Gasteiger charge is 2.17. The predicted molar refractivity (Wildman–Crippen MR) is 76.6 cm³/mol. The van der Waals surface area contributed by atoms with Crippen LogP contribution in [-0.4, -0.2) is 24.7 Å². The summed E-state index contributed by atoms with van der Waals surface area (Å²) in [5.41, 5.74) is 6.99. The van der Waals surface area contributed by atoms with Gasteiger partial charge < -0.3 is 15.2 Å². The summed E-state index contributed by atoms with van der Waals surface area (Å²) in [4.78, 5) is 0. The molecule has 0 saturated carbocycles. The Hall–Kier alpha value is -0.870. The molecule has 0 bridgehead atoms. The molecule has 0 spiro atoms. The van der Waals surface area contributed by atoms with Gasteiger partial charge in [0.25, 0.3) is 0 Å². The normalized spacial score (nSPS) is 18.4. The molecule has 3 nitrogen and oxygen atoms in total. The number of rotatable bonds is 4. The number of hydrogen-bond donors (Lipinski definition) is 1. The first-order chi connectivity index (χ1) is 8.70. The molecule has 4 heteroatoms. The van der Waals surface area contributed by atoms with Crippen molar-refractivity contribution in [2.45, 2.75) is 31.9 Å². The Bertz CT molecular complexity index is 389. The van der Waals surface area contributed by atoms with Gasteiger partial charge in [-0.25, -0.2) is 0 Å². The van der Waals surface area contributed by atoms with Gasteiger partial charge in [0.15, 0.2) is 11.5 Å². The first kappa shape index (κ1) is 13.6. The topological polar surface area (TPSA) is 44.5 Å². The molecule has 0 radical (unpaired) electrons. The number of benzene rings is 1. The molecule has 1 fully saturated rings. The number of nitrogens with two attached hydrogens (primary N) is 1. The third kappa shape index (κ3) is 3.33. The number of hydrogen-bond acceptors (Lipinski definition) is 4. The average Bonchev–Trinajstić information content (AvgIpc) is 2.39. The van der Waals surface area contributed by atoms with Crippen molar-refractivity contribution in [1.29, 1.82) is 0 Å². The molecule has 0 amide bonds. The van der Waals surface area contributed by atoms with Crippen LogP contribution in [0.1, 0.15) is 31.4 Å². The molecule has 18 heavy (non-hydrogen) atoms. The van der Waals surface area contributed by atoms with E-state index in [1.54, 1.807) is 7.11 Å². The molecular weight excluding hydrogens is 246 g/mol.